The van der Waals surface area contributed by atoms with Gasteiger partial charge in [-0.25, -0.2) is 0 Å². The van der Waals surface area contributed by atoms with E-state index in [1.165, 1.54) is 0 Å². The van der Waals surface area contributed by atoms with Crippen molar-refractivity contribution in [2.45, 2.75) is 25.7 Å². The van der Waals surface area contributed by atoms with Gasteiger partial charge in [0.1, 0.15) is 13.2 Å². The summed E-state index contributed by atoms with van der Waals surface area (Å²) in [5.74, 6) is -2.23. The Hall–Kier alpha value is -1.36. The quantitative estimate of drug-likeness (QED) is 0.208. The number of ether oxygens (including phenoxy) is 2. The van der Waals surface area contributed by atoms with Crippen LogP contribution in [-0.4, -0.2) is 35.3 Å². The van der Waals surface area contributed by atoms with E-state index in [2.05, 4.69) is 0 Å². The largest absolute Gasteiger partial charge is 1.00 e. The summed E-state index contributed by atoms with van der Waals surface area (Å²) in [6, 6.07) is 19.6. The molecule has 0 aliphatic rings. The molecule has 2 aromatic rings. The molecule has 0 spiro atoms. The van der Waals surface area contributed by atoms with Crippen LogP contribution in [0.15, 0.2) is 72.8 Å². The van der Waals surface area contributed by atoms with Gasteiger partial charge in [0, 0.05) is 24.8 Å². The topological polar surface area (TPSA) is 98.7 Å². The summed E-state index contributed by atoms with van der Waals surface area (Å²) >= 11 is 9.71. The zero-order valence-electron chi connectivity index (χ0n) is 20.6. The Bertz CT molecular complexity index is 887. The number of aliphatic carboxylic acids is 2. The third kappa shape index (κ3) is 21.9. The van der Waals surface area contributed by atoms with E-state index in [4.69, 9.17) is 33.9 Å². The molecule has 0 unspecified atom stereocenters. The molecule has 0 radical (unpaired) electrons. The van der Waals surface area contributed by atoms with Gasteiger partial charge in [0.2, 0.25) is 0 Å². The van der Waals surface area contributed by atoms with Crippen molar-refractivity contribution >= 4 is 58.6 Å². The van der Waals surface area contributed by atoms with E-state index in [0.29, 0.717) is 23.3 Å². The molecule has 2 rings (SSSR count). The molecule has 0 N–H and O–H groups in total. The summed E-state index contributed by atoms with van der Waals surface area (Å²) in [7, 11) is 0. The smallest absolute Gasteiger partial charge is 0.550 e. The molecule has 0 aliphatic heterocycles. The van der Waals surface area contributed by atoms with E-state index < -0.39 is 11.9 Å². The van der Waals surface area contributed by atoms with Crippen molar-refractivity contribution in [2.75, 3.05) is 13.2 Å². The van der Waals surface area contributed by atoms with Crippen LogP contribution in [0.2, 0.25) is 0 Å². The fraction of sp³-hybridized carbons (Fsp3) is 0.231. The zero-order valence-corrected chi connectivity index (χ0v) is 26.2. The number of carbonyl (C=O) groups is 2. The van der Waals surface area contributed by atoms with Crippen LogP contribution in [0.3, 0.4) is 0 Å². The molecule has 0 heterocycles. The van der Waals surface area contributed by atoms with Gasteiger partial charge in [-0.3, -0.25) is 0 Å². The average Bonchev–Trinajstić information content (AvgIpc) is 2.83. The van der Waals surface area contributed by atoms with E-state index in [9.17, 15) is 19.8 Å². The Labute approximate surface area is 267 Å². The first-order chi connectivity index (χ1) is 16.4. The van der Waals surface area contributed by atoms with Crippen molar-refractivity contribution in [2.24, 2.45) is 0 Å². The fourth-order valence-electron chi connectivity index (χ4n) is 2.33. The second-order valence-corrected chi connectivity index (χ2v) is 7.65. The zero-order chi connectivity index (χ0) is 25.0. The molecule has 0 saturated heterocycles. The van der Waals surface area contributed by atoms with Gasteiger partial charge in [-0.15, -0.1) is 0 Å². The molecule has 0 atom stereocenters. The molecule has 10 heteroatoms. The van der Waals surface area contributed by atoms with Crippen LogP contribution in [0.25, 0.3) is 12.2 Å². The van der Waals surface area contributed by atoms with Crippen molar-refractivity contribution < 1.29 is 88.4 Å². The summed E-state index contributed by atoms with van der Waals surface area (Å²) in [4.78, 5) is 20.4. The molecular formula is C26H26Na2O6S2. The number of carboxylic acid groups (broad SMARTS) is 2. The minimum atomic E-state index is -1.12. The Morgan fingerprint density at radius 3 is 1.28 bits per heavy atom. The standard InChI is InChI=1S/2C13H14O3S.2Na/c2*14-12(15)8-9-13(17)16-10-4-7-11-5-2-1-3-6-11;;/h2*1-7H,8-10H2,(H,14,15);;/q;;2*+1/p-2. The second-order valence-electron chi connectivity index (χ2n) is 6.74. The Kier molecular flexibility index (Phi) is 24.5. The predicted molar refractivity (Wildman–Crippen MR) is 137 cm³/mol. The van der Waals surface area contributed by atoms with Crippen molar-refractivity contribution in [1.82, 2.24) is 0 Å². The first-order valence-corrected chi connectivity index (χ1v) is 11.3. The molecule has 0 fully saturated rings. The van der Waals surface area contributed by atoms with Gasteiger partial charge in [0.05, 0.1) is 0 Å². The van der Waals surface area contributed by atoms with E-state index in [-0.39, 0.29) is 84.8 Å². The van der Waals surface area contributed by atoms with Gasteiger partial charge in [-0.05, 0) is 60.6 Å². The minimum absolute atomic E-state index is 0. The Morgan fingerprint density at radius 1 is 0.639 bits per heavy atom. The molecule has 0 bridgehead atoms. The molecule has 6 nitrogen and oxygen atoms in total. The summed E-state index contributed by atoms with van der Waals surface area (Å²) < 4.78 is 10.3. The first kappa shape index (κ1) is 36.8. The van der Waals surface area contributed by atoms with Crippen LogP contribution in [0, 0.1) is 0 Å². The fourth-order valence-corrected chi connectivity index (χ4v) is 2.67. The predicted octanol–water partition coefficient (Wildman–Crippen LogP) is -2.84. The maximum absolute atomic E-state index is 10.2. The summed E-state index contributed by atoms with van der Waals surface area (Å²) in [6.45, 7) is 0.696. The molecule has 0 saturated carbocycles. The van der Waals surface area contributed by atoms with E-state index in [0.717, 1.165) is 11.1 Å². The van der Waals surface area contributed by atoms with Gasteiger partial charge >= 0.3 is 59.1 Å². The van der Waals surface area contributed by atoms with Crippen LogP contribution in [0.4, 0.5) is 0 Å². The summed E-state index contributed by atoms with van der Waals surface area (Å²) in [5, 5.41) is 21.0. The van der Waals surface area contributed by atoms with Gasteiger partial charge in [-0.1, -0.05) is 72.8 Å². The van der Waals surface area contributed by atoms with Gasteiger partial charge in [0.15, 0.2) is 10.1 Å². The van der Waals surface area contributed by atoms with Gasteiger partial charge < -0.3 is 29.3 Å². The SMILES string of the molecule is O=C([O-])CCC(=S)OCC=Cc1ccccc1.O=C([O-])CCC(=S)OCC=Cc1ccccc1.[Na+].[Na+]. The van der Waals surface area contributed by atoms with Crippen molar-refractivity contribution in [3.05, 3.63) is 83.9 Å². The molecule has 2 aromatic carbocycles. The summed E-state index contributed by atoms with van der Waals surface area (Å²) in [6.07, 6.45) is 7.75. The van der Waals surface area contributed by atoms with Crippen molar-refractivity contribution in [1.29, 1.82) is 0 Å². The number of hydrogen-bond donors (Lipinski definition) is 0. The van der Waals surface area contributed by atoms with Crippen LogP contribution in [0.5, 0.6) is 0 Å². The number of carbonyl (C=O) groups excluding carboxylic acids is 2. The van der Waals surface area contributed by atoms with Crippen molar-refractivity contribution in [3.8, 4) is 0 Å². The maximum atomic E-state index is 10.2. The third-order valence-electron chi connectivity index (χ3n) is 3.97. The second kappa shape index (κ2) is 24.0. The summed E-state index contributed by atoms with van der Waals surface area (Å²) in [5.41, 5.74) is 2.16. The van der Waals surface area contributed by atoms with Crippen LogP contribution in [-0.2, 0) is 19.1 Å². The Balaban J connectivity index is 0. The van der Waals surface area contributed by atoms with E-state index in [1.54, 1.807) is 0 Å². The van der Waals surface area contributed by atoms with E-state index in [1.807, 2.05) is 85.0 Å². The number of hydrogen-bond acceptors (Lipinski definition) is 8. The Morgan fingerprint density at radius 2 is 0.972 bits per heavy atom. The molecular weight excluding hydrogens is 518 g/mol. The molecule has 0 aromatic heterocycles. The maximum Gasteiger partial charge on any atom is 1.00 e. The average molecular weight is 545 g/mol. The molecule has 180 valence electrons. The van der Waals surface area contributed by atoms with Crippen molar-refractivity contribution in [3.63, 3.8) is 0 Å². The van der Waals surface area contributed by atoms with Gasteiger partial charge in [-0.2, -0.15) is 0 Å². The third-order valence-corrected chi connectivity index (χ3v) is 4.61. The van der Waals surface area contributed by atoms with E-state index >= 15 is 0 Å². The number of thiocarbonyl (C=S) groups is 2. The molecule has 36 heavy (non-hydrogen) atoms. The van der Waals surface area contributed by atoms with Crippen LogP contribution in [0.1, 0.15) is 36.8 Å². The molecule has 0 aliphatic carbocycles. The normalized spacial score (nSPS) is 9.78. The number of rotatable bonds is 12. The minimum Gasteiger partial charge on any atom is -0.550 e. The molecule has 0 amide bonds. The van der Waals surface area contributed by atoms with Crippen LogP contribution >= 0.6 is 24.4 Å². The van der Waals surface area contributed by atoms with Gasteiger partial charge in [0.25, 0.3) is 0 Å². The monoisotopic (exact) mass is 544 g/mol. The number of benzene rings is 2. The first-order valence-electron chi connectivity index (χ1n) is 10.5. The number of carboxylic acids is 2. The van der Waals surface area contributed by atoms with Crippen LogP contribution < -0.4 is 69.3 Å².